The van der Waals surface area contributed by atoms with Crippen LogP contribution in [0, 0.1) is 5.82 Å². The maximum Gasteiger partial charge on any atom is 0.131 e. The van der Waals surface area contributed by atoms with Crippen molar-refractivity contribution in [2.24, 2.45) is 0 Å². The summed E-state index contributed by atoms with van der Waals surface area (Å²) in [6.07, 6.45) is 0. The van der Waals surface area contributed by atoms with Crippen molar-refractivity contribution in [3.8, 4) is 5.75 Å². The quantitative estimate of drug-likeness (QED) is 0.912. The van der Waals surface area contributed by atoms with Crippen molar-refractivity contribution in [3.63, 3.8) is 0 Å². The first kappa shape index (κ1) is 13.5. The summed E-state index contributed by atoms with van der Waals surface area (Å²) < 4.78 is 19.3. The second-order valence-corrected chi connectivity index (χ2v) is 5.52. The molecule has 0 aliphatic heterocycles. The van der Waals surface area contributed by atoms with Crippen molar-refractivity contribution >= 4 is 27.3 Å². The first-order valence-corrected chi connectivity index (χ1v) is 7.01. The topological polar surface area (TPSA) is 34.2 Å². The minimum atomic E-state index is -0.325. The second kappa shape index (κ2) is 6.26. The van der Waals surface area contributed by atoms with Gasteiger partial charge in [0.1, 0.15) is 23.2 Å². The zero-order chi connectivity index (χ0) is 13.0. The summed E-state index contributed by atoms with van der Waals surface area (Å²) >= 11 is 4.80. The molecule has 1 aromatic heterocycles. The molecule has 0 unspecified atom stereocenters. The SMILES string of the molecule is CNCc1nc(COc2cc(F)cc(Br)c2)cs1. The maximum absolute atomic E-state index is 13.1. The smallest absolute Gasteiger partial charge is 0.131 e. The van der Waals surface area contributed by atoms with Gasteiger partial charge >= 0.3 is 0 Å². The maximum atomic E-state index is 13.1. The molecule has 6 heteroatoms. The lowest BCUT2D eigenvalue weighted by atomic mass is 10.3. The van der Waals surface area contributed by atoms with Gasteiger partial charge in [0.15, 0.2) is 0 Å². The van der Waals surface area contributed by atoms with Crippen molar-refractivity contribution in [2.45, 2.75) is 13.2 Å². The van der Waals surface area contributed by atoms with E-state index in [0.717, 1.165) is 17.2 Å². The molecule has 0 saturated carbocycles. The molecule has 1 aromatic carbocycles. The molecule has 3 nitrogen and oxygen atoms in total. The van der Waals surface area contributed by atoms with Gasteiger partial charge in [-0.2, -0.15) is 0 Å². The van der Waals surface area contributed by atoms with Crippen LogP contribution in [0.4, 0.5) is 4.39 Å². The van der Waals surface area contributed by atoms with E-state index in [1.807, 2.05) is 12.4 Å². The fraction of sp³-hybridized carbons (Fsp3) is 0.250. The number of rotatable bonds is 5. The highest BCUT2D eigenvalue weighted by molar-refractivity contribution is 9.10. The molecule has 2 rings (SSSR count). The number of hydrogen-bond acceptors (Lipinski definition) is 4. The molecule has 0 aliphatic rings. The number of ether oxygens (including phenoxy) is 1. The average Bonchev–Trinajstić information content (AvgIpc) is 2.74. The third kappa shape index (κ3) is 3.76. The van der Waals surface area contributed by atoms with Gasteiger partial charge < -0.3 is 10.1 Å². The number of benzene rings is 1. The van der Waals surface area contributed by atoms with Crippen LogP contribution < -0.4 is 10.1 Å². The Hall–Kier alpha value is -0.980. The molecule has 1 heterocycles. The van der Waals surface area contributed by atoms with Crippen LogP contribution >= 0.6 is 27.3 Å². The molecule has 1 N–H and O–H groups in total. The van der Waals surface area contributed by atoms with Gasteiger partial charge in [-0.05, 0) is 19.2 Å². The van der Waals surface area contributed by atoms with E-state index in [4.69, 9.17) is 4.74 Å². The van der Waals surface area contributed by atoms with Crippen LogP contribution in [-0.2, 0) is 13.2 Å². The van der Waals surface area contributed by atoms with Crippen molar-refractivity contribution < 1.29 is 9.13 Å². The number of nitrogens with one attached hydrogen (secondary N) is 1. The number of aromatic nitrogens is 1. The zero-order valence-electron chi connectivity index (χ0n) is 9.74. The van der Waals surface area contributed by atoms with E-state index < -0.39 is 0 Å². The van der Waals surface area contributed by atoms with E-state index in [9.17, 15) is 4.39 Å². The first-order valence-electron chi connectivity index (χ1n) is 5.34. The van der Waals surface area contributed by atoms with Gasteiger partial charge in [-0.25, -0.2) is 9.37 Å². The number of halogens is 2. The highest BCUT2D eigenvalue weighted by Gasteiger charge is 2.04. The fourth-order valence-corrected chi connectivity index (χ4v) is 2.65. The Kier molecular flexibility index (Phi) is 4.68. The van der Waals surface area contributed by atoms with Crippen LogP contribution in [-0.4, -0.2) is 12.0 Å². The van der Waals surface area contributed by atoms with Crippen LogP contribution in [0.15, 0.2) is 28.1 Å². The van der Waals surface area contributed by atoms with E-state index in [0.29, 0.717) is 16.8 Å². The molecule has 2 aromatic rings. The van der Waals surface area contributed by atoms with E-state index in [1.54, 1.807) is 17.4 Å². The summed E-state index contributed by atoms with van der Waals surface area (Å²) in [4.78, 5) is 4.39. The van der Waals surface area contributed by atoms with E-state index >= 15 is 0 Å². The number of nitrogens with zero attached hydrogens (tertiary/aromatic N) is 1. The van der Waals surface area contributed by atoms with Crippen molar-refractivity contribution in [2.75, 3.05) is 7.05 Å². The molecule has 0 radical (unpaired) electrons. The summed E-state index contributed by atoms with van der Waals surface area (Å²) in [6, 6.07) is 4.47. The van der Waals surface area contributed by atoms with Crippen LogP contribution in [0.2, 0.25) is 0 Å². The van der Waals surface area contributed by atoms with Crippen LogP contribution in [0.25, 0.3) is 0 Å². The highest BCUT2D eigenvalue weighted by Crippen LogP contribution is 2.21. The largest absolute Gasteiger partial charge is 0.487 e. The monoisotopic (exact) mass is 330 g/mol. The predicted octanol–water partition coefficient (Wildman–Crippen LogP) is 3.34. The normalized spacial score (nSPS) is 10.6. The lowest BCUT2D eigenvalue weighted by molar-refractivity contribution is 0.300. The molecule has 0 saturated heterocycles. The Balaban J connectivity index is 1.97. The minimum Gasteiger partial charge on any atom is -0.487 e. The van der Waals surface area contributed by atoms with E-state index in [2.05, 4.69) is 26.2 Å². The Bertz CT molecular complexity index is 512. The fourth-order valence-electron chi connectivity index (χ4n) is 1.42. The van der Waals surface area contributed by atoms with Gasteiger partial charge in [-0.15, -0.1) is 11.3 Å². The molecule has 0 spiro atoms. The Morgan fingerprint density at radius 1 is 1.44 bits per heavy atom. The average molecular weight is 331 g/mol. The Morgan fingerprint density at radius 2 is 2.28 bits per heavy atom. The molecule has 96 valence electrons. The van der Waals surface area contributed by atoms with Gasteiger partial charge in [-0.3, -0.25) is 0 Å². The van der Waals surface area contributed by atoms with Gasteiger partial charge in [0, 0.05) is 22.5 Å². The molecule has 0 fully saturated rings. The Labute approximate surface area is 117 Å². The lowest BCUT2D eigenvalue weighted by Gasteiger charge is -2.04. The summed E-state index contributed by atoms with van der Waals surface area (Å²) in [5.74, 6) is 0.165. The lowest BCUT2D eigenvalue weighted by Crippen LogP contribution is -2.05. The zero-order valence-corrected chi connectivity index (χ0v) is 12.1. The standard InChI is InChI=1S/C12H12BrFN2OS/c1-15-5-12-16-10(7-18-12)6-17-11-3-8(13)2-9(14)4-11/h2-4,7,15H,5-6H2,1H3. The number of hydrogen-bond donors (Lipinski definition) is 1. The Morgan fingerprint density at radius 3 is 3.00 bits per heavy atom. The molecule has 0 atom stereocenters. The molecule has 0 amide bonds. The van der Waals surface area contributed by atoms with E-state index in [-0.39, 0.29) is 5.82 Å². The highest BCUT2D eigenvalue weighted by atomic mass is 79.9. The van der Waals surface area contributed by atoms with Gasteiger partial charge in [0.2, 0.25) is 0 Å². The van der Waals surface area contributed by atoms with Gasteiger partial charge in [0.05, 0.1) is 5.69 Å². The summed E-state index contributed by atoms with van der Waals surface area (Å²) in [5, 5.41) is 5.99. The predicted molar refractivity (Wildman–Crippen MR) is 73.3 cm³/mol. The summed E-state index contributed by atoms with van der Waals surface area (Å²) in [6.45, 7) is 1.09. The third-order valence-electron chi connectivity index (χ3n) is 2.15. The minimum absolute atomic E-state index is 0.325. The molecule has 18 heavy (non-hydrogen) atoms. The van der Waals surface area contributed by atoms with Crippen molar-refractivity contribution in [1.29, 1.82) is 0 Å². The van der Waals surface area contributed by atoms with Gasteiger partial charge in [0.25, 0.3) is 0 Å². The van der Waals surface area contributed by atoms with Crippen LogP contribution in [0.3, 0.4) is 0 Å². The molecular weight excluding hydrogens is 319 g/mol. The van der Waals surface area contributed by atoms with Crippen molar-refractivity contribution in [1.82, 2.24) is 10.3 Å². The van der Waals surface area contributed by atoms with Crippen molar-refractivity contribution in [3.05, 3.63) is 44.6 Å². The van der Waals surface area contributed by atoms with Crippen LogP contribution in [0.5, 0.6) is 5.75 Å². The molecular formula is C12H12BrFN2OS. The van der Waals surface area contributed by atoms with Crippen LogP contribution in [0.1, 0.15) is 10.7 Å². The van der Waals surface area contributed by atoms with E-state index in [1.165, 1.54) is 12.1 Å². The summed E-state index contributed by atoms with van der Waals surface area (Å²) in [5.41, 5.74) is 0.852. The molecule has 0 bridgehead atoms. The summed E-state index contributed by atoms with van der Waals surface area (Å²) in [7, 11) is 1.88. The third-order valence-corrected chi connectivity index (χ3v) is 3.51. The first-order chi connectivity index (χ1) is 8.67. The van der Waals surface area contributed by atoms with Gasteiger partial charge in [-0.1, -0.05) is 15.9 Å². The molecule has 0 aliphatic carbocycles. The second-order valence-electron chi connectivity index (χ2n) is 3.66. The number of thiazole rings is 1.